The summed E-state index contributed by atoms with van der Waals surface area (Å²) in [5.74, 6) is 0.756. The number of anilines is 1. The molecule has 0 amide bonds. The summed E-state index contributed by atoms with van der Waals surface area (Å²) in [4.78, 5) is 7.85. The number of halogens is 1. The van der Waals surface area contributed by atoms with E-state index in [0.29, 0.717) is 15.9 Å². The van der Waals surface area contributed by atoms with E-state index < -0.39 is 0 Å². The van der Waals surface area contributed by atoms with Crippen molar-refractivity contribution in [2.75, 3.05) is 11.5 Å². The second-order valence-electron chi connectivity index (χ2n) is 3.84. The molecule has 0 bridgehead atoms. The minimum absolute atomic E-state index is 0.0267. The molecular weight excluding hydrogens is 284 g/mol. The molecular formula is C11H9ClN6S. The summed E-state index contributed by atoms with van der Waals surface area (Å²) in [7, 11) is 0. The molecule has 0 unspecified atom stereocenters. The molecule has 0 atom stereocenters. The van der Waals surface area contributed by atoms with E-state index >= 15 is 0 Å². The van der Waals surface area contributed by atoms with Crippen LogP contribution in [0.4, 0.5) is 5.95 Å². The lowest BCUT2D eigenvalue weighted by Gasteiger charge is -2.15. The third kappa shape index (κ3) is 2.34. The number of thioether (sulfide) groups is 1. The number of aromatic nitrogens is 3. The minimum Gasteiger partial charge on any atom is -0.368 e. The summed E-state index contributed by atoms with van der Waals surface area (Å²) in [5, 5.41) is 13.4. The Bertz CT molecular complexity index is 721. The van der Waals surface area contributed by atoms with Crippen molar-refractivity contribution < 1.29 is 0 Å². The van der Waals surface area contributed by atoms with E-state index in [1.165, 1.54) is 16.4 Å². The third-order valence-electron chi connectivity index (χ3n) is 2.55. The summed E-state index contributed by atoms with van der Waals surface area (Å²) in [6, 6.07) is 7.42. The van der Waals surface area contributed by atoms with E-state index in [2.05, 4.69) is 15.1 Å². The highest BCUT2D eigenvalue weighted by molar-refractivity contribution is 7.99. The molecule has 0 aliphatic carbocycles. The molecule has 2 aromatic rings. The SMILES string of the molecule is N=c1nc(N)nc2n1N=C(c1ccc(Cl)cc1)CS2. The Balaban J connectivity index is 2.09. The fraction of sp³-hybridized carbons (Fsp3) is 0.0909. The maximum atomic E-state index is 7.77. The molecule has 6 nitrogen and oxygen atoms in total. The van der Waals surface area contributed by atoms with Gasteiger partial charge in [-0.1, -0.05) is 35.5 Å². The molecule has 0 saturated carbocycles. The Hall–Kier alpha value is -1.86. The number of rotatable bonds is 1. The summed E-state index contributed by atoms with van der Waals surface area (Å²) >= 11 is 7.33. The maximum absolute atomic E-state index is 7.77. The lowest BCUT2D eigenvalue weighted by atomic mass is 10.1. The molecule has 1 aliphatic heterocycles. The highest BCUT2D eigenvalue weighted by atomic mass is 35.5. The molecule has 3 rings (SSSR count). The first-order valence-electron chi connectivity index (χ1n) is 5.41. The zero-order valence-electron chi connectivity index (χ0n) is 9.67. The highest BCUT2D eigenvalue weighted by Crippen LogP contribution is 2.22. The van der Waals surface area contributed by atoms with Crippen molar-refractivity contribution >= 4 is 35.0 Å². The Kier molecular flexibility index (Phi) is 3.00. The van der Waals surface area contributed by atoms with E-state index in [1.54, 1.807) is 0 Å². The molecule has 0 spiro atoms. The van der Waals surface area contributed by atoms with Gasteiger partial charge in [-0.25, -0.2) is 0 Å². The fourth-order valence-corrected chi connectivity index (χ4v) is 2.69. The summed E-state index contributed by atoms with van der Waals surface area (Å²) < 4.78 is 1.38. The van der Waals surface area contributed by atoms with Crippen molar-refractivity contribution in [1.29, 1.82) is 5.41 Å². The average molecular weight is 293 g/mol. The van der Waals surface area contributed by atoms with Gasteiger partial charge in [-0.2, -0.15) is 19.7 Å². The van der Waals surface area contributed by atoms with Gasteiger partial charge in [-0.05, 0) is 17.7 Å². The Morgan fingerprint density at radius 2 is 2.00 bits per heavy atom. The van der Waals surface area contributed by atoms with E-state index in [0.717, 1.165) is 11.3 Å². The molecule has 0 radical (unpaired) electrons. The number of nitrogens with one attached hydrogen (secondary N) is 1. The molecule has 1 aliphatic rings. The Morgan fingerprint density at radius 3 is 2.74 bits per heavy atom. The van der Waals surface area contributed by atoms with Crippen LogP contribution in [0.25, 0.3) is 0 Å². The fourth-order valence-electron chi connectivity index (χ4n) is 1.67. The van der Waals surface area contributed by atoms with Crippen LogP contribution in [-0.2, 0) is 0 Å². The minimum atomic E-state index is -0.0267. The van der Waals surface area contributed by atoms with Crippen LogP contribution >= 0.6 is 23.4 Å². The topological polar surface area (TPSA) is 92.9 Å². The number of nitrogen functional groups attached to an aromatic ring is 1. The monoisotopic (exact) mass is 292 g/mol. The predicted molar refractivity (Wildman–Crippen MR) is 74.4 cm³/mol. The van der Waals surface area contributed by atoms with E-state index in [9.17, 15) is 0 Å². The first-order chi connectivity index (χ1) is 9.13. The molecule has 8 heteroatoms. The Labute approximate surface area is 117 Å². The number of nitrogens with two attached hydrogens (primary N) is 1. The number of fused-ring (bicyclic) bond motifs is 1. The highest BCUT2D eigenvalue weighted by Gasteiger charge is 2.16. The van der Waals surface area contributed by atoms with Crippen LogP contribution in [-0.4, -0.2) is 26.1 Å². The first-order valence-corrected chi connectivity index (χ1v) is 6.77. The van der Waals surface area contributed by atoms with Gasteiger partial charge in [-0.3, -0.25) is 5.41 Å². The van der Waals surface area contributed by atoms with Crippen molar-refractivity contribution in [3.05, 3.63) is 40.5 Å². The maximum Gasteiger partial charge on any atom is 0.248 e. The number of benzene rings is 1. The smallest absolute Gasteiger partial charge is 0.248 e. The van der Waals surface area contributed by atoms with Crippen LogP contribution < -0.4 is 11.4 Å². The summed E-state index contributed by atoms with van der Waals surface area (Å²) in [6.45, 7) is 0. The molecule has 0 fully saturated rings. The van der Waals surface area contributed by atoms with E-state index in [4.69, 9.17) is 22.7 Å². The predicted octanol–water partition coefficient (Wildman–Crippen LogP) is 1.35. The van der Waals surface area contributed by atoms with Crippen LogP contribution in [0.1, 0.15) is 5.56 Å². The van der Waals surface area contributed by atoms with Gasteiger partial charge in [0.2, 0.25) is 11.6 Å². The lowest BCUT2D eigenvalue weighted by molar-refractivity contribution is 0.626. The lowest BCUT2D eigenvalue weighted by Crippen LogP contribution is -2.28. The summed E-state index contributed by atoms with van der Waals surface area (Å²) in [6.07, 6.45) is 0. The molecule has 3 N–H and O–H groups in total. The quantitative estimate of drug-likeness (QED) is 0.830. The standard InChI is InChI=1S/C11H9ClN6S/c12-7-3-1-6(2-4-7)8-5-19-11-16-9(13)15-10(14)18(11)17-8/h1-4H,5H2,(H3,13,14,15). The van der Waals surface area contributed by atoms with Crippen molar-refractivity contribution in [1.82, 2.24) is 14.6 Å². The van der Waals surface area contributed by atoms with Crippen molar-refractivity contribution in [3.63, 3.8) is 0 Å². The van der Waals surface area contributed by atoms with Gasteiger partial charge in [-0.15, -0.1) is 0 Å². The second kappa shape index (κ2) is 4.67. The molecule has 96 valence electrons. The molecule has 1 aromatic heterocycles. The normalized spacial score (nSPS) is 13.8. The first kappa shape index (κ1) is 12.2. The second-order valence-corrected chi connectivity index (χ2v) is 5.22. The van der Waals surface area contributed by atoms with Crippen molar-refractivity contribution in [2.45, 2.75) is 5.16 Å². The van der Waals surface area contributed by atoms with Crippen LogP contribution in [0.15, 0.2) is 34.5 Å². The molecule has 1 aromatic carbocycles. The average Bonchev–Trinajstić information content (AvgIpc) is 2.39. The number of hydrogen-bond donors (Lipinski definition) is 2. The zero-order chi connectivity index (χ0) is 13.4. The van der Waals surface area contributed by atoms with Crippen molar-refractivity contribution in [2.24, 2.45) is 5.10 Å². The molecule has 0 saturated heterocycles. The van der Waals surface area contributed by atoms with Gasteiger partial charge < -0.3 is 5.73 Å². The molecule has 19 heavy (non-hydrogen) atoms. The van der Waals surface area contributed by atoms with Crippen LogP contribution in [0, 0.1) is 5.41 Å². The van der Waals surface area contributed by atoms with Gasteiger partial charge in [0.15, 0.2) is 5.16 Å². The third-order valence-corrected chi connectivity index (χ3v) is 3.74. The van der Waals surface area contributed by atoms with Gasteiger partial charge >= 0.3 is 0 Å². The summed E-state index contributed by atoms with van der Waals surface area (Å²) in [5.41, 5.74) is 7.30. The van der Waals surface area contributed by atoms with Gasteiger partial charge in [0.25, 0.3) is 0 Å². The van der Waals surface area contributed by atoms with Gasteiger partial charge in [0, 0.05) is 10.8 Å². The number of hydrogen-bond acceptors (Lipinski definition) is 6. The van der Waals surface area contributed by atoms with Crippen LogP contribution in [0.3, 0.4) is 0 Å². The van der Waals surface area contributed by atoms with Crippen LogP contribution in [0.5, 0.6) is 0 Å². The Morgan fingerprint density at radius 1 is 1.26 bits per heavy atom. The van der Waals surface area contributed by atoms with Gasteiger partial charge in [0.05, 0.1) is 5.71 Å². The van der Waals surface area contributed by atoms with E-state index in [1.807, 2.05) is 24.3 Å². The van der Waals surface area contributed by atoms with Crippen molar-refractivity contribution in [3.8, 4) is 0 Å². The molecule has 2 heterocycles. The zero-order valence-corrected chi connectivity index (χ0v) is 11.2. The number of nitrogens with zero attached hydrogens (tertiary/aromatic N) is 4. The van der Waals surface area contributed by atoms with Gasteiger partial charge in [0.1, 0.15) is 0 Å². The largest absolute Gasteiger partial charge is 0.368 e. The van der Waals surface area contributed by atoms with E-state index in [-0.39, 0.29) is 11.6 Å². The van der Waals surface area contributed by atoms with Crippen LogP contribution in [0.2, 0.25) is 5.02 Å².